The van der Waals surface area contributed by atoms with Crippen LogP contribution in [-0.4, -0.2) is 46.2 Å². The minimum Gasteiger partial charge on any atom is -0.484 e. The van der Waals surface area contributed by atoms with Gasteiger partial charge in [0.1, 0.15) is 11.8 Å². The van der Waals surface area contributed by atoms with Gasteiger partial charge in [-0.25, -0.2) is 0 Å². The van der Waals surface area contributed by atoms with Crippen LogP contribution in [0.3, 0.4) is 0 Å². The average Bonchev–Trinajstić information content (AvgIpc) is 2.92. The Morgan fingerprint density at radius 3 is 2.68 bits per heavy atom. The molecule has 2 N–H and O–H groups in total. The molecule has 1 aromatic rings. The summed E-state index contributed by atoms with van der Waals surface area (Å²) in [5.74, 6) is 0. The van der Waals surface area contributed by atoms with Crippen molar-refractivity contribution in [1.29, 1.82) is 0 Å². The second kappa shape index (κ2) is 4.36. The van der Waals surface area contributed by atoms with Crippen molar-refractivity contribution in [1.82, 2.24) is 4.90 Å². The fourth-order valence-corrected chi connectivity index (χ4v) is 2.97. The van der Waals surface area contributed by atoms with Gasteiger partial charge in [0, 0.05) is 6.54 Å². The molecule has 2 heterocycles. The van der Waals surface area contributed by atoms with Crippen LogP contribution >= 0.6 is 0 Å². The molecule has 2 aliphatic heterocycles. The maximum Gasteiger partial charge on any atom is 0.193 e. The quantitative estimate of drug-likeness (QED) is 0.587. The molecule has 0 aromatic heterocycles. The molecular weight excluding hydrogens is 244 g/mol. The summed E-state index contributed by atoms with van der Waals surface area (Å²) in [6, 6.07) is 9.56. The van der Waals surface area contributed by atoms with E-state index >= 15 is 0 Å². The van der Waals surface area contributed by atoms with Gasteiger partial charge < -0.3 is 15.1 Å². The molecule has 5 heteroatoms. The smallest absolute Gasteiger partial charge is 0.193 e. The SMILES string of the molecule is CN1C[C@]2(OC=C[C@H]2O)/C(=N\O)[C@@H]1c1ccccc1. The zero-order chi connectivity index (χ0) is 13.5. The highest BCUT2D eigenvalue weighted by Gasteiger charge is 2.57. The van der Waals surface area contributed by atoms with Crippen LogP contribution in [0, 0.1) is 0 Å². The normalized spacial score (nSPS) is 36.2. The van der Waals surface area contributed by atoms with E-state index in [1.165, 1.54) is 6.26 Å². The lowest BCUT2D eigenvalue weighted by Crippen LogP contribution is -2.47. The predicted molar refractivity (Wildman–Crippen MR) is 70.0 cm³/mol. The van der Waals surface area contributed by atoms with E-state index in [2.05, 4.69) is 5.16 Å². The highest BCUT2D eigenvalue weighted by molar-refractivity contribution is 6.00. The maximum absolute atomic E-state index is 10.1. The van der Waals surface area contributed by atoms with Gasteiger partial charge >= 0.3 is 0 Å². The second-order valence-electron chi connectivity index (χ2n) is 4.99. The fraction of sp³-hybridized carbons (Fsp3) is 0.357. The number of rotatable bonds is 1. The van der Waals surface area contributed by atoms with Gasteiger partial charge in [-0.05, 0) is 18.7 Å². The van der Waals surface area contributed by atoms with Gasteiger partial charge in [-0.1, -0.05) is 35.5 Å². The summed E-state index contributed by atoms with van der Waals surface area (Å²) in [7, 11) is 1.92. The largest absolute Gasteiger partial charge is 0.484 e. The Hall–Kier alpha value is -1.85. The van der Waals surface area contributed by atoms with E-state index in [1.807, 2.05) is 42.3 Å². The molecule has 100 valence electrons. The minimum atomic E-state index is -0.968. The highest BCUT2D eigenvalue weighted by atomic mass is 16.5. The van der Waals surface area contributed by atoms with E-state index in [0.29, 0.717) is 12.3 Å². The van der Waals surface area contributed by atoms with E-state index in [9.17, 15) is 10.3 Å². The molecule has 1 saturated heterocycles. The first kappa shape index (κ1) is 12.2. The van der Waals surface area contributed by atoms with Crippen molar-refractivity contribution in [3.05, 3.63) is 48.2 Å². The van der Waals surface area contributed by atoms with Gasteiger partial charge in [0.2, 0.25) is 0 Å². The molecule has 0 bridgehead atoms. The Kier molecular flexibility index (Phi) is 2.80. The number of nitrogens with zero attached hydrogens (tertiary/aromatic N) is 2. The lowest BCUT2D eigenvalue weighted by atomic mass is 9.90. The van der Waals surface area contributed by atoms with Crippen molar-refractivity contribution in [2.24, 2.45) is 5.16 Å². The number of benzene rings is 1. The second-order valence-corrected chi connectivity index (χ2v) is 4.99. The van der Waals surface area contributed by atoms with Crippen molar-refractivity contribution in [2.45, 2.75) is 17.7 Å². The van der Waals surface area contributed by atoms with Gasteiger partial charge in [-0.3, -0.25) is 4.90 Å². The van der Waals surface area contributed by atoms with Gasteiger partial charge in [0.15, 0.2) is 5.60 Å². The lowest BCUT2D eigenvalue weighted by Gasteiger charge is -2.26. The third kappa shape index (κ3) is 1.66. The van der Waals surface area contributed by atoms with Crippen molar-refractivity contribution >= 4 is 5.71 Å². The van der Waals surface area contributed by atoms with Crippen molar-refractivity contribution < 1.29 is 15.1 Å². The number of oxime groups is 1. The Labute approximate surface area is 111 Å². The molecule has 0 radical (unpaired) electrons. The molecule has 1 fully saturated rings. The van der Waals surface area contributed by atoms with Crippen LogP contribution in [0.2, 0.25) is 0 Å². The zero-order valence-electron chi connectivity index (χ0n) is 10.6. The standard InChI is InChI=1S/C14H16N2O3/c1-16-9-14(11(17)7-8-19-14)13(15-18)12(16)10-5-3-2-4-6-10/h2-8,11-12,17-18H,9H2,1H3/b15-13-/t11-,12+,14-/m1/s1. The fourth-order valence-electron chi connectivity index (χ4n) is 2.97. The highest BCUT2D eigenvalue weighted by Crippen LogP contribution is 2.41. The Morgan fingerprint density at radius 1 is 1.37 bits per heavy atom. The maximum atomic E-state index is 10.1. The summed E-state index contributed by atoms with van der Waals surface area (Å²) in [5, 5.41) is 23.0. The summed E-state index contributed by atoms with van der Waals surface area (Å²) in [5.41, 5.74) is 0.486. The Morgan fingerprint density at radius 2 is 2.11 bits per heavy atom. The summed E-state index contributed by atoms with van der Waals surface area (Å²) in [4.78, 5) is 2.01. The molecule has 19 heavy (non-hydrogen) atoms. The number of aliphatic hydroxyl groups excluding tert-OH is 1. The summed E-state index contributed by atoms with van der Waals surface area (Å²) in [6.07, 6.45) is 2.25. The summed E-state index contributed by atoms with van der Waals surface area (Å²) < 4.78 is 5.58. The topological polar surface area (TPSA) is 65.3 Å². The average molecular weight is 260 g/mol. The molecule has 3 rings (SSSR count). The molecule has 3 atom stereocenters. The molecule has 0 saturated carbocycles. The molecule has 0 aliphatic carbocycles. The van der Waals surface area contributed by atoms with E-state index < -0.39 is 11.7 Å². The van der Waals surface area contributed by atoms with Crippen LogP contribution in [0.4, 0.5) is 0 Å². The van der Waals surface area contributed by atoms with E-state index in [1.54, 1.807) is 6.08 Å². The van der Waals surface area contributed by atoms with Crippen molar-refractivity contribution in [2.75, 3.05) is 13.6 Å². The first-order valence-electron chi connectivity index (χ1n) is 6.19. The summed E-state index contributed by atoms with van der Waals surface area (Å²) in [6.45, 7) is 0.472. The summed E-state index contributed by atoms with van der Waals surface area (Å²) >= 11 is 0. The number of ether oxygens (including phenoxy) is 1. The minimum absolute atomic E-state index is 0.194. The monoisotopic (exact) mass is 260 g/mol. The third-order valence-corrected chi connectivity index (χ3v) is 3.86. The molecule has 0 unspecified atom stereocenters. The van der Waals surface area contributed by atoms with Crippen LogP contribution in [0.5, 0.6) is 0 Å². The zero-order valence-corrected chi connectivity index (χ0v) is 10.6. The molecule has 1 aromatic carbocycles. The number of likely N-dealkylation sites (tertiary alicyclic amines) is 1. The molecule has 1 spiro atoms. The third-order valence-electron chi connectivity index (χ3n) is 3.86. The molecule has 5 nitrogen and oxygen atoms in total. The van der Waals surface area contributed by atoms with Gasteiger partial charge in [0.05, 0.1) is 12.3 Å². The van der Waals surface area contributed by atoms with Crippen LogP contribution in [0.25, 0.3) is 0 Å². The molecular formula is C14H16N2O3. The van der Waals surface area contributed by atoms with Crippen LogP contribution in [-0.2, 0) is 4.74 Å². The number of aliphatic hydroxyl groups is 1. The van der Waals surface area contributed by atoms with Crippen LogP contribution < -0.4 is 0 Å². The van der Waals surface area contributed by atoms with Crippen LogP contribution in [0.1, 0.15) is 11.6 Å². The predicted octanol–water partition coefficient (Wildman–Crippen LogP) is 1.15. The first-order chi connectivity index (χ1) is 9.19. The number of likely N-dealkylation sites (N-methyl/N-ethyl adjacent to an activating group) is 1. The van der Waals surface area contributed by atoms with Gasteiger partial charge in [-0.2, -0.15) is 0 Å². The van der Waals surface area contributed by atoms with Crippen LogP contribution in [0.15, 0.2) is 47.8 Å². The van der Waals surface area contributed by atoms with Gasteiger partial charge in [0.25, 0.3) is 0 Å². The molecule has 2 aliphatic rings. The first-order valence-corrected chi connectivity index (χ1v) is 6.19. The van der Waals surface area contributed by atoms with Crippen molar-refractivity contribution in [3.63, 3.8) is 0 Å². The Bertz CT molecular complexity index is 529. The number of hydrogen-bond acceptors (Lipinski definition) is 5. The van der Waals surface area contributed by atoms with E-state index in [0.717, 1.165) is 5.56 Å². The molecule has 0 amide bonds. The number of hydrogen-bond donors (Lipinski definition) is 2. The van der Waals surface area contributed by atoms with Gasteiger partial charge in [-0.15, -0.1) is 0 Å². The van der Waals surface area contributed by atoms with E-state index in [-0.39, 0.29) is 6.04 Å². The Balaban J connectivity index is 2.03. The van der Waals surface area contributed by atoms with E-state index in [4.69, 9.17) is 4.74 Å². The van der Waals surface area contributed by atoms with Crippen molar-refractivity contribution in [3.8, 4) is 0 Å². The lowest BCUT2D eigenvalue weighted by molar-refractivity contribution is 0.0116.